The lowest BCUT2D eigenvalue weighted by Crippen LogP contribution is -2.42. The summed E-state index contributed by atoms with van der Waals surface area (Å²) in [5.41, 5.74) is 1.50. The van der Waals surface area contributed by atoms with Gasteiger partial charge in [0.1, 0.15) is 23.0 Å². The zero-order chi connectivity index (χ0) is 39.3. The van der Waals surface area contributed by atoms with Gasteiger partial charge in [0.25, 0.3) is 0 Å². The first-order valence-corrected chi connectivity index (χ1v) is 32.2. The quantitative estimate of drug-likeness (QED) is 0.0430. The van der Waals surface area contributed by atoms with E-state index in [1.807, 2.05) is 0 Å². The van der Waals surface area contributed by atoms with E-state index < -0.39 is 45.2 Å². The molecule has 3 aromatic carbocycles. The normalized spacial score (nSPS) is 12.4. The molecule has 12 heteroatoms. The highest BCUT2D eigenvalue weighted by Crippen LogP contribution is 2.27. The van der Waals surface area contributed by atoms with E-state index in [0.29, 0.717) is 41.4 Å². The van der Waals surface area contributed by atoms with Gasteiger partial charge in [0.05, 0.1) is 24.3 Å². The first kappa shape index (κ1) is 44.4. The van der Waals surface area contributed by atoms with Crippen molar-refractivity contribution in [3.05, 3.63) is 83.4 Å². The maximum absolute atomic E-state index is 12.9. The van der Waals surface area contributed by atoms with Crippen LogP contribution in [-0.2, 0) is 8.23 Å². The molecule has 0 fully saturated rings. The fourth-order valence-corrected chi connectivity index (χ4v) is 22.6. The van der Waals surface area contributed by atoms with Gasteiger partial charge in [-0.25, -0.2) is 9.59 Å². The SMILES string of the molecule is Cc1cc(OC(=O)c2ccc(OCCCCC[Si](C)(C)O[Si](C)(C)C)cc2)ccc1OC(=O)c1ccc(OCCCCC[Si](C)(C)O[Si](C)(C)C)cc1. The Hall–Kier alpha value is -3.01. The lowest BCUT2D eigenvalue weighted by Gasteiger charge is -2.31. The molecule has 0 aliphatic carbocycles. The number of esters is 2. The summed E-state index contributed by atoms with van der Waals surface area (Å²) < 4.78 is 35.9. The Labute approximate surface area is 323 Å². The Morgan fingerprint density at radius 3 is 1.28 bits per heavy atom. The monoisotopic (exact) mass is 796 g/mol. The molecule has 0 aliphatic heterocycles. The number of hydrogen-bond donors (Lipinski definition) is 0. The Morgan fingerprint density at radius 2 is 0.887 bits per heavy atom. The topological polar surface area (TPSA) is 89.5 Å². The first-order chi connectivity index (χ1) is 24.7. The molecule has 0 bridgehead atoms. The molecule has 53 heavy (non-hydrogen) atoms. The van der Waals surface area contributed by atoms with Gasteiger partial charge < -0.3 is 27.2 Å². The van der Waals surface area contributed by atoms with E-state index in [4.69, 9.17) is 27.2 Å². The number of carbonyl (C=O) groups is 2. The smallest absolute Gasteiger partial charge is 0.343 e. The molecule has 0 radical (unpaired) electrons. The van der Waals surface area contributed by atoms with E-state index in [0.717, 1.165) is 50.0 Å². The molecule has 0 aliphatic rings. The van der Waals surface area contributed by atoms with Gasteiger partial charge in [0, 0.05) is 0 Å². The third-order valence-corrected chi connectivity index (χ3v) is 20.7. The van der Waals surface area contributed by atoms with Crippen LogP contribution >= 0.6 is 0 Å². The molecule has 0 amide bonds. The fourth-order valence-electron chi connectivity index (χ4n) is 6.30. The van der Waals surface area contributed by atoms with Crippen molar-refractivity contribution < 1.29 is 36.8 Å². The van der Waals surface area contributed by atoms with Crippen molar-refractivity contribution in [1.29, 1.82) is 0 Å². The maximum Gasteiger partial charge on any atom is 0.343 e. The van der Waals surface area contributed by atoms with E-state index >= 15 is 0 Å². The van der Waals surface area contributed by atoms with Crippen LogP contribution in [0.3, 0.4) is 0 Å². The van der Waals surface area contributed by atoms with Gasteiger partial charge >= 0.3 is 11.9 Å². The van der Waals surface area contributed by atoms with Crippen LogP contribution in [-0.4, -0.2) is 58.4 Å². The zero-order valence-electron chi connectivity index (χ0n) is 34.2. The third-order valence-electron chi connectivity index (χ3n) is 8.29. The van der Waals surface area contributed by atoms with Crippen molar-refractivity contribution in [2.24, 2.45) is 0 Å². The minimum atomic E-state index is -1.60. The van der Waals surface area contributed by atoms with Gasteiger partial charge in [-0.1, -0.05) is 25.7 Å². The van der Waals surface area contributed by atoms with Crippen molar-refractivity contribution in [2.75, 3.05) is 13.2 Å². The molecule has 0 N–H and O–H groups in total. The predicted octanol–water partition coefficient (Wildman–Crippen LogP) is 11.6. The minimum absolute atomic E-state index is 0.362. The molecular weight excluding hydrogens is 733 g/mol. The lowest BCUT2D eigenvalue weighted by atomic mass is 10.2. The van der Waals surface area contributed by atoms with Crippen LogP contribution in [0.2, 0.25) is 77.6 Å². The molecule has 3 aromatic rings. The van der Waals surface area contributed by atoms with E-state index in [1.165, 1.54) is 12.1 Å². The Morgan fingerprint density at radius 1 is 0.491 bits per heavy atom. The number of hydrogen-bond acceptors (Lipinski definition) is 8. The van der Waals surface area contributed by atoms with Crippen LogP contribution in [0.1, 0.15) is 64.8 Å². The molecule has 0 aromatic heterocycles. The predicted molar refractivity (Wildman–Crippen MR) is 226 cm³/mol. The average Bonchev–Trinajstić information content (AvgIpc) is 3.04. The van der Waals surface area contributed by atoms with Gasteiger partial charge in [-0.3, -0.25) is 0 Å². The molecule has 0 unspecified atom stereocenters. The minimum Gasteiger partial charge on any atom is -0.494 e. The Balaban J connectivity index is 1.37. The summed E-state index contributed by atoms with van der Waals surface area (Å²) in [4.78, 5) is 25.7. The van der Waals surface area contributed by atoms with E-state index in [-0.39, 0.29) is 0 Å². The Kier molecular flexibility index (Phi) is 16.8. The summed E-state index contributed by atoms with van der Waals surface area (Å²) in [6.07, 6.45) is 6.47. The zero-order valence-corrected chi connectivity index (χ0v) is 38.2. The van der Waals surface area contributed by atoms with Gasteiger partial charge in [-0.15, -0.1) is 0 Å². The van der Waals surface area contributed by atoms with Crippen molar-refractivity contribution in [3.63, 3.8) is 0 Å². The van der Waals surface area contributed by atoms with Crippen LogP contribution in [0.5, 0.6) is 23.0 Å². The van der Waals surface area contributed by atoms with Crippen molar-refractivity contribution in [1.82, 2.24) is 0 Å². The molecule has 0 saturated carbocycles. The van der Waals surface area contributed by atoms with Gasteiger partial charge in [-0.2, -0.15) is 0 Å². The van der Waals surface area contributed by atoms with Crippen molar-refractivity contribution in [2.45, 2.75) is 123 Å². The van der Waals surface area contributed by atoms with Crippen LogP contribution in [0.15, 0.2) is 66.7 Å². The number of carbonyl (C=O) groups excluding carboxylic acids is 2. The molecule has 0 spiro atoms. The Bertz CT molecular complexity index is 1590. The standard InChI is InChI=1S/C41H64O8Si4/c1-33-32-38(46-40(42)34-18-22-36(23-19-34)44-28-14-12-16-30-52(8,9)48-50(2,3)4)26-27-39(33)47-41(43)35-20-24-37(25-21-35)45-29-15-13-17-31-53(10,11)49-51(5,6)7/h18-27,32H,12-17,28-31H2,1-11H3. The highest BCUT2D eigenvalue weighted by molar-refractivity contribution is 6.84. The largest absolute Gasteiger partial charge is 0.494 e. The molecule has 292 valence electrons. The third kappa shape index (κ3) is 17.8. The summed E-state index contributed by atoms with van der Waals surface area (Å²) in [5.74, 6) is 1.24. The number of ether oxygens (including phenoxy) is 4. The molecular formula is C41H64O8Si4. The molecule has 0 heterocycles. The number of rotatable bonds is 22. The van der Waals surface area contributed by atoms with Gasteiger partial charge in [0.2, 0.25) is 0 Å². The molecule has 0 atom stereocenters. The molecule has 8 nitrogen and oxygen atoms in total. The van der Waals surface area contributed by atoms with Crippen LogP contribution in [0.4, 0.5) is 0 Å². The summed E-state index contributed by atoms with van der Waals surface area (Å²) in [6.45, 7) is 25.9. The molecule has 0 saturated heterocycles. The number of unbranched alkanes of at least 4 members (excludes halogenated alkanes) is 4. The fraction of sp³-hybridized carbons (Fsp3) is 0.512. The first-order valence-electron chi connectivity index (χ1n) is 19.1. The molecule has 3 rings (SSSR count). The highest BCUT2D eigenvalue weighted by atomic mass is 28.4. The van der Waals surface area contributed by atoms with Crippen molar-refractivity contribution in [3.8, 4) is 23.0 Å². The van der Waals surface area contributed by atoms with E-state index in [9.17, 15) is 9.59 Å². The maximum atomic E-state index is 12.9. The second kappa shape index (κ2) is 20.1. The van der Waals surface area contributed by atoms with Crippen LogP contribution in [0.25, 0.3) is 0 Å². The number of benzene rings is 3. The van der Waals surface area contributed by atoms with Gasteiger partial charge in [0.15, 0.2) is 33.3 Å². The average molecular weight is 797 g/mol. The second-order valence-electron chi connectivity index (χ2n) is 17.0. The van der Waals surface area contributed by atoms with Crippen molar-refractivity contribution >= 4 is 45.2 Å². The summed E-state index contributed by atoms with van der Waals surface area (Å²) in [5, 5.41) is 0. The lowest BCUT2D eigenvalue weighted by molar-refractivity contribution is 0.0718. The van der Waals surface area contributed by atoms with Gasteiger partial charge in [-0.05, 0) is 170 Å². The van der Waals surface area contributed by atoms with Crippen LogP contribution in [0, 0.1) is 6.92 Å². The van der Waals surface area contributed by atoms with E-state index in [1.54, 1.807) is 73.7 Å². The summed E-state index contributed by atoms with van der Waals surface area (Å²) in [7, 11) is -6.19. The summed E-state index contributed by atoms with van der Waals surface area (Å²) >= 11 is 0. The van der Waals surface area contributed by atoms with Crippen LogP contribution < -0.4 is 18.9 Å². The summed E-state index contributed by atoms with van der Waals surface area (Å²) in [6, 6.07) is 21.2. The highest BCUT2D eigenvalue weighted by Gasteiger charge is 2.30. The number of aryl methyl sites for hydroxylation is 1. The van der Waals surface area contributed by atoms with E-state index in [2.05, 4.69) is 65.5 Å². The second-order valence-corrected chi connectivity index (χ2v) is 35.1.